The van der Waals surface area contributed by atoms with Crippen molar-refractivity contribution in [1.29, 1.82) is 5.26 Å². The lowest BCUT2D eigenvalue weighted by Gasteiger charge is -2.17. The fourth-order valence-corrected chi connectivity index (χ4v) is 2.38. The Balaban J connectivity index is 2.88. The highest BCUT2D eigenvalue weighted by atomic mass is 79.9. The minimum atomic E-state index is -1.14. The largest absolute Gasteiger partial charge is 0.480 e. The lowest BCUT2D eigenvalue weighted by atomic mass is 10.0. The number of aryl methyl sites for hydroxylation is 1. The van der Waals surface area contributed by atoms with Crippen molar-refractivity contribution in [2.24, 2.45) is 5.92 Å². The molecule has 0 aliphatic carbocycles. The van der Waals surface area contributed by atoms with E-state index in [2.05, 4.69) is 26.6 Å². The van der Waals surface area contributed by atoms with Crippen LogP contribution in [0.4, 0.5) is 5.69 Å². The number of halogens is 1. The molecular formula is C16H18BrN3O3. The first-order chi connectivity index (χ1) is 10.8. The molecule has 0 bridgehead atoms. The molecular weight excluding hydrogens is 362 g/mol. The second-order valence-corrected chi connectivity index (χ2v) is 6.19. The summed E-state index contributed by atoms with van der Waals surface area (Å²) < 4.78 is 0.789. The van der Waals surface area contributed by atoms with E-state index < -0.39 is 17.9 Å². The van der Waals surface area contributed by atoms with E-state index in [0.717, 1.165) is 10.0 Å². The van der Waals surface area contributed by atoms with Crippen LogP contribution in [0.2, 0.25) is 0 Å². The number of carbonyl (C=O) groups excluding carboxylic acids is 1. The van der Waals surface area contributed by atoms with Gasteiger partial charge in [0.2, 0.25) is 0 Å². The van der Waals surface area contributed by atoms with Crippen LogP contribution in [0.5, 0.6) is 0 Å². The van der Waals surface area contributed by atoms with Crippen molar-refractivity contribution in [3.63, 3.8) is 0 Å². The summed E-state index contributed by atoms with van der Waals surface area (Å²) in [4.78, 5) is 23.1. The maximum absolute atomic E-state index is 12.0. The number of hydrogen-bond acceptors (Lipinski definition) is 4. The van der Waals surface area contributed by atoms with Gasteiger partial charge in [0.1, 0.15) is 17.7 Å². The van der Waals surface area contributed by atoms with Gasteiger partial charge in [-0.05, 0) is 46.5 Å². The fraction of sp³-hybridized carbons (Fsp3) is 0.312. The molecule has 1 atom stereocenters. The van der Waals surface area contributed by atoms with Crippen LogP contribution in [0.1, 0.15) is 19.4 Å². The van der Waals surface area contributed by atoms with Gasteiger partial charge >= 0.3 is 5.97 Å². The van der Waals surface area contributed by atoms with Gasteiger partial charge in [0.05, 0.1) is 5.69 Å². The average molecular weight is 380 g/mol. The normalized spacial score (nSPS) is 12.4. The molecule has 0 aliphatic heterocycles. The van der Waals surface area contributed by atoms with Gasteiger partial charge in [-0.2, -0.15) is 5.26 Å². The standard InChI is InChI=1S/C16H18BrN3O3/c1-9(2)14(16(22)23)20-15(21)11(7-18)8-19-13-5-4-10(3)6-12(13)17/h4-6,8-9,14,19H,1-3H3,(H,20,21)(H,22,23)/b11-8-. The lowest BCUT2D eigenvalue weighted by Crippen LogP contribution is -2.44. The van der Waals surface area contributed by atoms with Gasteiger partial charge < -0.3 is 15.7 Å². The molecule has 1 amide bonds. The number of nitriles is 1. The predicted octanol–water partition coefficient (Wildman–Crippen LogP) is 2.80. The zero-order valence-corrected chi connectivity index (χ0v) is 14.6. The van der Waals surface area contributed by atoms with Crippen molar-refractivity contribution in [2.45, 2.75) is 26.8 Å². The molecule has 0 aromatic heterocycles. The number of carbonyl (C=O) groups is 2. The first-order valence-corrected chi connectivity index (χ1v) is 7.72. The Kier molecular flexibility index (Phi) is 6.79. The highest BCUT2D eigenvalue weighted by Gasteiger charge is 2.24. The van der Waals surface area contributed by atoms with E-state index in [0.29, 0.717) is 5.69 Å². The van der Waals surface area contributed by atoms with E-state index in [1.165, 1.54) is 6.20 Å². The second-order valence-electron chi connectivity index (χ2n) is 5.33. The fourth-order valence-electron chi connectivity index (χ4n) is 1.77. The quantitative estimate of drug-likeness (QED) is 0.520. The zero-order valence-electron chi connectivity index (χ0n) is 13.1. The van der Waals surface area contributed by atoms with E-state index in [-0.39, 0.29) is 11.5 Å². The number of aliphatic carboxylic acids is 1. The van der Waals surface area contributed by atoms with Crippen LogP contribution in [0, 0.1) is 24.2 Å². The van der Waals surface area contributed by atoms with Gasteiger partial charge in [-0.3, -0.25) is 4.79 Å². The van der Waals surface area contributed by atoms with Gasteiger partial charge in [0.25, 0.3) is 5.91 Å². The Morgan fingerprint density at radius 2 is 2.04 bits per heavy atom. The third kappa shape index (κ3) is 5.42. The first-order valence-electron chi connectivity index (χ1n) is 6.93. The minimum absolute atomic E-state index is 0.204. The molecule has 0 saturated heterocycles. The lowest BCUT2D eigenvalue weighted by molar-refractivity contribution is -0.142. The van der Waals surface area contributed by atoms with Crippen LogP contribution >= 0.6 is 15.9 Å². The molecule has 23 heavy (non-hydrogen) atoms. The molecule has 1 unspecified atom stereocenters. The van der Waals surface area contributed by atoms with E-state index in [9.17, 15) is 9.59 Å². The summed E-state index contributed by atoms with van der Waals surface area (Å²) in [5, 5.41) is 23.4. The topological polar surface area (TPSA) is 102 Å². The summed E-state index contributed by atoms with van der Waals surface area (Å²) in [7, 11) is 0. The number of carboxylic acid groups (broad SMARTS) is 1. The molecule has 122 valence electrons. The van der Waals surface area contributed by atoms with E-state index in [1.807, 2.05) is 19.1 Å². The summed E-state index contributed by atoms with van der Waals surface area (Å²) in [5.74, 6) is -2.17. The molecule has 6 nitrogen and oxygen atoms in total. The van der Waals surface area contributed by atoms with Gasteiger partial charge in [0, 0.05) is 10.7 Å². The van der Waals surface area contributed by atoms with Crippen molar-refractivity contribution in [3.8, 4) is 6.07 Å². The van der Waals surface area contributed by atoms with E-state index in [1.54, 1.807) is 26.0 Å². The number of carboxylic acids is 1. The summed E-state index contributed by atoms with van der Waals surface area (Å²) in [6, 6.07) is 6.29. The third-order valence-corrected chi connectivity index (χ3v) is 3.74. The Labute approximate surface area is 143 Å². The molecule has 1 aromatic rings. The summed E-state index contributed by atoms with van der Waals surface area (Å²) in [6.07, 6.45) is 1.25. The van der Waals surface area contributed by atoms with Gasteiger partial charge in [-0.1, -0.05) is 19.9 Å². The smallest absolute Gasteiger partial charge is 0.326 e. The number of anilines is 1. The van der Waals surface area contributed by atoms with Crippen LogP contribution in [-0.2, 0) is 9.59 Å². The molecule has 0 aliphatic rings. The van der Waals surface area contributed by atoms with E-state index in [4.69, 9.17) is 10.4 Å². The minimum Gasteiger partial charge on any atom is -0.480 e. The maximum atomic E-state index is 12.0. The number of hydrogen-bond donors (Lipinski definition) is 3. The second kappa shape index (κ2) is 8.34. The number of benzene rings is 1. The molecule has 0 saturated carbocycles. The molecule has 1 aromatic carbocycles. The summed E-state index contributed by atoms with van der Waals surface area (Å²) in [6.45, 7) is 5.30. The SMILES string of the molecule is Cc1ccc(N/C=C(/C#N)C(=O)NC(C(=O)O)C(C)C)c(Br)c1. The molecule has 0 radical (unpaired) electrons. The van der Waals surface area contributed by atoms with E-state index >= 15 is 0 Å². The van der Waals surface area contributed by atoms with Crippen LogP contribution in [-0.4, -0.2) is 23.0 Å². The van der Waals surface area contributed by atoms with Crippen molar-refractivity contribution < 1.29 is 14.7 Å². The number of rotatable bonds is 6. The Morgan fingerprint density at radius 1 is 1.39 bits per heavy atom. The summed E-state index contributed by atoms with van der Waals surface area (Å²) in [5.41, 5.74) is 1.55. The molecule has 7 heteroatoms. The molecule has 0 fully saturated rings. The van der Waals surface area contributed by atoms with Crippen molar-refractivity contribution in [1.82, 2.24) is 5.32 Å². The van der Waals surface area contributed by atoms with Crippen LogP contribution in [0.3, 0.4) is 0 Å². The number of nitrogens with one attached hydrogen (secondary N) is 2. The molecule has 0 spiro atoms. The Morgan fingerprint density at radius 3 is 2.52 bits per heavy atom. The van der Waals surface area contributed by atoms with Gasteiger partial charge in [-0.25, -0.2) is 4.79 Å². The maximum Gasteiger partial charge on any atom is 0.326 e. The number of nitrogens with zero attached hydrogens (tertiary/aromatic N) is 1. The van der Waals surface area contributed by atoms with Crippen LogP contribution < -0.4 is 10.6 Å². The van der Waals surface area contributed by atoms with Crippen LogP contribution in [0.15, 0.2) is 34.4 Å². The van der Waals surface area contributed by atoms with Crippen molar-refractivity contribution in [2.75, 3.05) is 5.32 Å². The monoisotopic (exact) mass is 379 g/mol. The van der Waals surface area contributed by atoms with Gasteiger partial charge in [-0.15, -0.1) is 0 Å². The first kappa shape index (κ1) is 18.7. The Bertz CT molecular complexity index is 678. The van der Waals surface area contributed by atoms with Crippen molar-refractivity contribution in [3.05, 3.63) is 40.0 Å². The average Bonchev–Trinajstić information content (AvgIpc) is 2.46. The third-order valence-electron chi connectivity index (χ3n) is 3.08. The predicted molar refractivity (Wildman–Crippen MR) is 90.6 cm³/mol. The zero-order chi connectivity index (χ0) is 17.6. The van der Waals surface area contributed by atoms with Crippen molar-refractivity contribution >= 4 is 33.5 Å². The number of amides is 1. The highest BCUT2D eigenvalue weighted by Crippen LogP contribution is 2.23. The molecule has 1 rings (SSSR count). The molecule has 0 heterocycles. The van der Waals surface area contributed by atoms with Gasteiger partial charge in [0.15, 0.2) is 0 Å². The highest BCUT2D eigenvalue weighted by molar-refractivity contribution is 9.10. The Hall–Kier alpha value is -2.33. The van der Waals surface area contributed by atoms with Crippen LogP contribution in [0.25, 0.3) is 0 Å². The summed E-state index contributed by atoms with van der Waals surface area (Å²) >= 11 is 3.38. The molecule has 3 N–H and O–H groups in total.